The fraction of sp³-hybridized carbons (Fsp3) is 0.192. The zero-order chi connectivity index (χ0) is 22.3. The van der Waals surface area contributed by atoms with Gasteiger partial charge in [-0.05, 0) is 51.3 Å². The summed E-state index contributed by atoms with van der Waals surface area (Å²) in [5.41, 5.74) is 3.21. The van der Waals surface area contributed by atoms with E-state index in [9.17, 15) is 9.36 Å². The number of benzene rings is 3. The minimum atomic E-state index is -2.89. The molecular formula is C26H29EuO3P. The van der Waals surface area contributed by atoms with Crippen molar-refractivity contribution in [2.24, 2.45) is 0 Å². The Morgan fingerprint density at radius 1 is 0.710 bits per heavy atom. The molecule has 0 aromatic heterocycles. The summed E-state index contributed by atoms with van der Waals surface area (Å²) in [4.78, 5) is 10.0. The van der Waals surface area contributed by atoms with Gasteiger partial charge in [-0.1, -0.05) is 72.8 Å². The van der Waals surface area contributed by atoms with Crippen molar-refractivity contribution in [1.29, 1.82) is 0 Å². The molecule has 3 aromatic carbocycles. The normalized spacial score (nSPS) is 11.1. The molecule has 31 heavy (non-hydrogen) atoms. The topological polar surface area (TPSA) is 54.4 Å². The van der Waals surface area contributed by atoms with Gasteiger partial charge in [0.1, 0.15) is 0 Å². The van der Waals surface area contributed by atoms with E-state index in [1.807, 2.05) is 93.6 Å². The Morgan fingerprint density at radius 2 is 1.00 bits per heavy atom. The summed E-state index contributed by atoms with van der Waals surface area (Å²) in [5.74, 6) is -0.0625. The molecule has 0 amide bonds. The van der Waals surface area contributed by atoms with Crippen molar-refractivity contribution >= 4 is 28.8 Å². The Bertz CT molecular complexity index is 997. The quantitative estimate of drug-likeness (QED) is 0.263. The number of aliphatic hydroxyl groups is 1. The fourth-order valence-corrected chi connectivity index (χ4v) is 6.81. The zero-order valence-electron chi connectivity index (χ0n) is 18.6. The van der Waals surface area contributed by atoms with E-state index in [-0.39, 0.29) is 60.9 Å². The van der Waals surface area contributed by atoms with Gasteiger partial charge in [0, 0.05) is 71.4 Å². The number of aliphatic hydroxyl groups excluding tert-OH is 1. The van der Waals surface area contributed by atoms with Crippen LogP contribution in [-0.2, 0) is 9.36 Å². The Morgan fingerprint density at radius 3 is 1.19 bits per heavy atom. The van der Waals surface area contributed by atoms with Crippen LogP contribution >= 0.6 is 7.14 Å². The van der Waals surface area contributed by atoms with E-state index < -0.39 is 7.14 Å². The van der Waals surface area contributed by atoms with Crippen molar-refractivity contribution in [2.45, 2.75) is 34.6 Å². The molecule has 0 aliphatic carbocycles. The van der Waals surface area contributed by atoms with Crippen LogP contribution in [0.15, 0.2) is 84.6 Å². The van der Waals surface area contributed by atoms with Gasteiger partial charge in [0.15, 0.2) is 12.9 Å². The standard InChI is InChI=1S/C21H21OP.C5H8O2.Eu/c1-16-10-4-7-13-19(16)23(22,20-14-8-5-11-17(20)2)21-15-9-6-12-18(21)3;1-4(6)3-5(2)7;/h4-15H,1-3H3;3,6H,1-2H3;. The molecule has 5 heteroatoms. The number of ketones is 1. The van der Waals surface area contributed by atoms with Crippen LogP contribution in [-0.4, -0.2) is 10.9 Å². The second-order valence-corrected chi connectivity index (χ2v) is 10.0. The van der Waals surface area contributed by atoms with Crippen molar-refractivity contribution in [3.05, 3.63) is 101 Å². The summed E-state index contributed by atoms with van der Waals surface area (Å²) in [6.45, 7) is 8.97. The van der Waals surface area contributed by atoms with Crippen LogP contribution in [0.4, 0.5) is 0 Å². The van der Waals surface area contributed by atoms with Crippen LogP contribution in [0.25, 0.3) is 0 Å². The van der Waals surface area contributed by atoms with Crippen molar-refractivity contribution < 1.29 is 63.8 Å². The van der Waals surface area contributed by atoms with Gasteiger partial charge in [-0.25, -0.2) is 0 Å². The molecule has 0 saturated carbocycles. The van der Waals surface area contributed by atoms with Crippen LogP contribution < -0.4 is 15.9 Å². The van der Waals surface area contributed by atoms with Gasteiger partial charge in [0.05, 0.1) is 5.76 Å². The first kappa shape index (κ1) is 27.7. The molecule has 0 unspecified atom stereocenters. The molecular weight excluding hydrogens is 543 g/mol. The van der Waals surface area contributed by atoms with Crippen LogP contribution in [0, 0.1) is 70.1 Å². The molecule has 0 atom stereocenters. The summed E-state index contributed by atoms with van der Waals surface area (Å²) < 4.78 is 14.5. The molecule has 0 aliphatic heterocycles. The smallest absolute Gasteiger partial charge is 0.171 e. The van der Waals surface area contributed by atoms with Crippen molar-refractivity contribution in [1.82, 2.24) is 0 Å². The molecule has 0 aliphatic rings. The van der Waals surface area contributed by atoms with E-state index >= 15 is 0 Å². The average Bonchev–Trinajstić information content (AvgIpc) is 2.68. The summed E-state index contributed by atoms with van der Waals surface area (Å²) >= 11 is 0. The van der Waals surface area contributed by atoms with Crippen LogP contribution in [0.2, 0.25) is 0 Å². The second kappa shape index (κ2) is 12.7. The third-order valence-corrected chi connectivity index (χ3v) is 8.32. The minimum Gasteiger partial charge on any atom is -0.512 e. The SMILES string of the molecule is CC(=O)C=C(C)O.Cc1ccccc1P(=O)(c1ccccc1C)c1ccccc1C.[Eu]. The zero-order valence-corrected chi connectivity index (χ0v) is 21.9. The molecule has 1 N–H and O–H groups in total. The Kier molecular flexibility index (Phi) is 11.3. The fourth-order valence-electron chi connectivity index (χ4n) is 3.43. The van der Waals surface area contributed by atoms with E-state index in [0.29, 0.717) is 0 Å². The maximum absolute atomic E-state index is 14.5. The number of carbonyl (C=O) groups excluding carboxylic acids is 1. The molecule has 3 rings (SSSR count). The molecule has 0 spiro atoms. The van der Waals surface area contributed by atoms with Gasteiger partial charge in [0.25, 0.3) is 0 Å². The monoisotopic (exact) mass is 573 g/mol. The molecule has 0 heterocycles. The van der Waals surface area contributed by atoms with E-state index in [1.54, 1.807) is 0 Å². The molecule has 1 radical (unpaired) electrons. The molecule has 0 saturated heterocycles. The maximum Gasteiger partial charge on any atom is 0.171 e. The van der Waals surface area contributed by atoms with Gasteiger partial charge < -0.3 is 9.67 Å². The number of hydrogen-bond donors (Lipinski definition) is 1. The van der Waals surface area contributed by atoms with Crippen LogP contribution in [0.3, 0.4) is 0 Å². The first-order valence-electron chi connectivity index (χ1n) is 9.84. The van der Waals surface area contributed by atoms with E-state index in [1.165, 1.54) is 19.9 Å². The average molecular weight is 572 g/mol. The predicted octanol–water partition coefficient (Wildman–Crippen LogP) is 5.29. The second-order valence-electron chi connectivity index (χ2n) is 7.37. The summed E-state index contributed by atoms with van der Waals surface area (Å²) in [6.07, 6.45) is 1.17. The van der Waals surface area contributed by atoms with Gasteiger partial charge in [-0.15, -0.1) is 0 Å². The summed E-state index contributed by atoms with van der Waals surface area (Å²) in [5, 5.41) is 11.2. The number of hydrogen-bond acceptors (Lipinski definition) is 3. The largest absolute Gasteiger partial charge is 0.512 e. The number of rotatable bonds is 4. The number of allylic oxidation sites excluding steroid dienone is 2. The van der Waals surface area contributed by atoms with Crippen LogP contribution in [0.5, 0.6) is 0 Å². The third-order valence-electron chi connectivity index (χ3n) is 4.78. The summed E-state index contributed by atoms with van der Waals surface area (Å²) in [7, 11) is -2.89. The predicted molar refractivity (Wildman–Crippen MR) is 127 cm³/mol. The molecule has 0 bridgehead atoms. The van der Waals surface area contributed by atoms with Crippen molar-refractivity contribution in [2.75, 3.05) is 0 Å². The Labute approximate surface area is 226 Å². The van der Waals surface area contributed by atoms with E-state index in [0.717, 1.165) is 32.6 Å². The molecule has 0 fully saturated rings. The molecule has 3 nitrogen and oxygen atoms in total. The van der Waals surface area contributed by atoms with Crippen LogP contribution in [0.1, 0.15) is 30.5 Å². The van der Waals surface area contributed by atoms with Gasteiger partial charge in [-0.3, -0.25) is 4.79 Å². The van der Waals surface area contributed by atoms with Crippen molar-refractivity contribution in [3.8, 4) is 0 Å². The first-order chi connectivity index (χ1) is 14.2. The summed E-state index contributed by atoms with van der Waals surface area (Å²) in [6, 6.07) is 24.1. The van der Waals surface area contributed by atoms with Gasteiger partial charge in [0.2, 0.25) is 0 Å². The molecule has 3 aromatic rings. The van der Waals surface area contributed by atoms with E-state index in [2.05, 4.69) is 0 Å². The number of aryl methyl sites for hydroxylation is 3. The Balaban J connectivity index is 0.000000523. The van der Waals surface area contributed by atoms with E-state index in [4.69, 9.17) is 5.11 Å². The third kappa shape index (κ3) is 7.09. The maximum atomic E-state index is 14.5. The first-order valence-corrected chi connectivity index (χ1v) is 11.5. The van der Waals surface area contributed by atoms with Crippen molar-refractivity contribution in [3.63, 3.8) is 0 Å². The van der Waals surface area contributed by atoms with Gasteiger partial charge in [-0.2, -0.15) is 0 Å². The van der Waals surface area contributed by atoms with Gasteiger partial charge >= 0.3 is 0 Å². The number of carbonyl (C=O) groups is 1. The Hall–Kier alpha value is -1.32. The minimum absolute atomic E-state index is 0. The molecule has 163 valence electrons.